The average molecular weight is 403 g/mol. The molecule has 30 heavy (non-hydrogen) atoms. The molecule has 2 aromatic carbocycles. The number of hydrogen-bond donors (Lipinski definition) is 1. The largest absolute Gasteiger partial charge is 0.493 e. The van der Waals surface area contributed by atoms with E-state index < -0.39 is 0 Å². The van der Waals surface area contributed by atoms with E-state index >= 15 is 0 Å². The Morgan fingerprint density at radius 2 is 1.63 bits per heavy atom. The second-order valence-corrected chi connectivity index (χ2v) is 6.53. The van der Waals surface area contributed by atoms with Gasteiger partial charge in [0.2, 0.25) is 11.7 Å². The molecule has 0 saturated heterocycles. The van der Waals surface area contributed by atoms with Gasteiger partial charge in [-0.05, 0) is 55.5 Å². The summed E-state index contributed by atoms with van der Waals surface area (Å²) in [5.74, 6) is 2.92. The van der Waals surface area contributed by atoms with Crippen molar-refractivity contribution in [3.8, 4) is 34.3 Å². The van der Waals surface area contributed by atoms with Crippen molar-refractivity contribution in [3.63, 3.8) is 0 Å². The van der Waals surface area contributed by atoms with E-state index in [1.54, 1.807) is 20.4 Å². The molecular weight excluding hydrogens is 382 g/mol. The number of aromatic nitrogens is 4. The SMILES string of the molecule is COc1ccc(-c2noc(CNc3ccc(-c4nccc(C)n4)cc3)n2)cc1OC. The number of anilines is 1. The van der Waals surface area contributed by atoms with E-state index in [2.05, 4.69) is 25.4 Å². The molecule has 152 valence electrons. The lowest BCUT2D eigenvalue weighted by Gasteiger charge is -2.07. The molecule has 0 radical (unpaired) electrons. The fourth-order valence-electron chi connectivity index (χ4n) is 2.92. The molecule has 0 amide bonds. The van der Waals surface area contributed by atoms with Crippen molar-refractivity contribution in [2.75, 3.05) is 19.5 Å². The van der Waals surface area contributed by atoms with Gasteiger partial charge < -0.3 is 19.3 Å². The molecule has 4 rings (SSSR count). The van der Waals surface area contributed by atoms with Crippen molar-refractivity contribution in [1.29, 1.82) is 0 Å². The zero-order chi connectivity index (χ0) is 20.9. The molecule has 0 saturated carbocycles. The molecule has 0 aliphatic rings. The van der Waals surface area contributed by atoms with Crippen molar-refractivity contribution in [2.24, 2.45) is 0 Å². The number of nitrogens with one attached hydrogen (secondary N) is 1. The molecule has 0 bridgehead atoms. The maximum absolute atomic E-state index is 5.36. The maximum Gasteiger partial charge on any atom is 0.246 e. The van der Waals surface area contributed by atoms with Crippen molar-refractivity contribution in [3.05, 3.63) is 66.3 Å². The number of benzene rings is 2. The lowest BCUT2D eigenvalue weighted by atomic mass is 10.2. The normalized spacial score (nSPS) is 10.6. The molecule has 0 atom stereocenters. The van der Waals surface area contributed by atoms with Gasteiger partial charge in [0.1, 0.15) is 0 Å². The van der Waals surface area contributed by atoms with Gasteiger partial charge in [-0.3, -0.25) is 0 Å². The van der Waals surface area contributed by atoms with Gasteiger partial charge in [0.05, 0.1) is 20.8 Å². The summed E-state index contributed by atoms with van der Waals surface area (Å²) >= 11 is 0. The van der Waals surface area contributed by atoms with Crippen LogP contribution in [0.2, 0.25) is 0 Å². The van der Waals surface area contributed by atoms with Crippen LogP contribution in [0.1, 0.15) is 11.6 Å². The number of hydrogen-bond acceptors (Lipinski definition) is 8. The highest BCUT2D eigenvalue weighted by molar-refractivity contribution is 5.61. The first kappa shape index (κ1) is 19.4. The van der Waals surface area contributed by atoms with E-state index in [0.29, 0.717) is 35.6 Å². The number of nitrogens with zero attached hydrogens (tertiary/aromatic N) is 4. The summed E-state index contributed by atoms with van der Waals surface area (Å²) in [7, 11) is 3.18. The van der Waals surface area contributed by atoms with Crippen LogP contribution in [-0.4, -0.2) is 34.3 Å². The summed E-state index contributed by atoms with van der Waals surface area (Å²) in [6.45, 7) is 2.35. The third-order valence-corrected chi connectivity index (χ3v) is 4.49. The summed E-state index contributed by atoms with van der Waals surface area (Å²) in [6, 6.07) is 15.2. The maximum atomic E-state index is 5.36. The number of methoxy groups -OCH3 is 2. The van der Waals surface area contributed by atoms with Gasteiger partial charge in [0.15, 0.2) is 17.3 Å². The quantitative estimate of drug-likeness (QED) is 0.492. The summed E-state index contributed by atoms with van der Waals surface area (Å²) < 4.78 is 15.9. The van der Waals surface area contributed by atoms with Crippen LogP contribution in [0.5, 0.6) is 11.5 Å². The summed E-state index contributed by atoms with van der Waals surface area (Å²) in [5, 5.41) is 7.33. The fourth-order valence-corrected chi connectivity index (χ4v) is 2.92. The van der Waals surface area contributed by atoms with E-state index in [-0.39, 0.29) is 0 Å². The minimum atomic E-state index is 0.403. The first-order chi connectivity index (χ1) is 14.7. The topological polar surface area (TPSA) is 95.2 Å². The Balaban J connectivity index is 1.42. The Morgan fingerprint density at radius 1 is 0.867 bits per heavy atom. The first-order valence-corrected chi connectivity index (χ1v) is 9.35. The molecule has 0 spiro atoms. The van der Waals surface area contributed by atoms with Gasteiger partial charge in [-0.1, -0.05) is 5.16 Å². The van der Waals surface area contributed by atoms with E-state index in [1.165, 1.54) is 0 Å². The van der Waals surface area contributed by atoms with Gasteiger partial charge in [0.25, 0.3) is 0 Å². The minimum Gasteiger partial charge on any atom is -0.493 e. The molecule has 0 aliphatic carbocycles. The Kier molecular flexibility index (Phi) is 5.56. The highest BCUT2D eigenvalue weighted by Crippen LogP contribution is 2.31. The number of aryl methyl sites for hydroxylation is 1. The van der Waals surface area contributed by atoms with Crippen LogP contribution in [0, 0.1) is 6.92 Å². The Morgan fingerprint density at radius 3 is 2.37 bits per heavy atom. The summed E-state index contributed by atoms with van der Waals surface area (Å²) in [5.41, 5.74) is 3.60. The smallest absolute Gasteiger partial charge is 0.246 e. The molecule has 1 N–H and O–H groups in total. The highest BCUT2D eigenvalue weighted by atomic mass is 16.5. The van der Waals surface area contributed by atoms with Crippen LogP contribution < -0.4 is 14.8 Å². The second-order valence-electron chi connectivity index (χ2n) is 6.53. The number of rotatable bonds is 7. The van der Waals surface area contributed by atoms with Crippen LogP contribution >= 0.6 is 0 Å². The van der Waals surface area contributed by atoms with E-state index in [1.807, 2.05) is 55.5 Å². The first-order valence-electron chi connectivity index (χ1n) is 9.35. The molecule has 0 unspecified atom stereocenters. The Bertz CT molecular complexity index is 1140. The zero-order valence-electron chi connectivity index (χ0n) is 16.9. The van der Waals surface area contributed by atoms with Gasteiger partial charge >= 0.3 is 0 Å². The average Bonchev–Trinajstić information content (AvgIpc) is 3.26. The van der Waals surface area contributed by atoms with Gasteiger partial charge in [0, 0.05) is 28.7 Å². The van der Waals surface area contributed by atoms with Crippen LogP contribution in [0.25, 0.3) is 22.8 Å². The zero-order valence-corrected chi connectivity index (χ0v) is 16.9. The van der Waals surface area contributed by atoms with E-state index in [4.69, 9.17) is 14.0 Å². The van der Waals surface area contributed by atoms with Gasteiger partial charge in [-0.25, -0.2) is 9.97 Å². The summed E-state index contributed by atoms with van der Waals surface area (Å²) in [6.07, 6.45) is 1.76. The van der Waals surface area contributed by atoms with Crippen molar-refractivity contribution < 1.29 is 14.0 Å². The molecule has 8 nitrogen and oxygen atoms in total. The second kappa shape index (κ2) is 8.60. The predicted molar refractivity (Wildman–Crippen MR) is 112 cm³/mol. The molecule has 0 fully saturated rings. The van der Waals surface area contributed by atoms with Crippen molar-refractivity contribution >= 4 is 5.69 Å². The minimum absolute atomic E-state index is 0.403. The van der Waals surface area contributed by atoms with Gasteiger partial charge in [-0.2, -0.15) is 4.98 Å². The highest BCUT2D eigenvalue weighted by Gasteiger charge is 2.12. The summed E-state index contributed by atoms with van der Waals surface area (Å²) in [4.78, 5) is 13.2. The number of ether oxygens (including phenoxy) is 2. The molecular formula is C22H21N5O3. The molecule has 2 aromatic heterocycles. The predicted octanol–water partition coefficient (Wildman–Crippen LogP) is 4.13. The lowest BCUT2D eigenvalue weighted by Crippen LogP contribution is -2.00. The van der Waals surface area contributed by atoms with Crippen LogP contribution in [0.15, 0.2) is 59.3 Å². The van der Waals surface area contributed by atoms with Crippen LogP contribution in [-0.2, 0) is 6.54 Å². The Labute approximate surface area is 173 Å². The lowest BCUT2D eigenvalue weighted by molar-refractivity contribution is 0.355. The molecule has 8 heteroatoms. The standard InChI is InChI=1S/C22H21N5O3/c1-14-10-11-23-21(25-14)15-4-7-17(8-5-15)24-13-20-26-22(27-30-20)16-6-9-18(28-2)19(12-16)29-3/h4-12,24H,13H2,1-3H3. The van der Waals surface area contributed by atoms with Crippen LogP contribution in [0.3, 0.4) is 0 Å². The third-order valence-electron chi connectivity index (χ3n) is 4.49. The monoisotopic (exact) mass is 403 g/mol. The van der Waals surface area contributed by atoms with Crippen molar-refractivity contribution in [1.82, 2.24) is 20.1 Å². The Hall–Kier alpha value is -3.94. The fraction of sp³-hybridized carbons (Fsp3) is 0.182. The van der Waals surface area contributed by atoms with Gasteiger partial charge in [-0.15, -0.1) is 0 Å². The van der Waals surface area contributed by atoms with E-state index in [9.17, 15) is 0 Å². The molecule has 0 aliphatic heterocycles. The molecule has 4 aromatic rings. The third kappa shape index (κ3) is 4.22. The van der Waals surface area contributed by atoms with Crippen LogP contribution in [0.4, 0.5) is 5.69 Å². The van der Waals surface area contributed by atoms with E-state index in [0.717, 1.165) is 22.5 Å². The molecule has 2 heterocycles. The van der Waals surface area contributed by atoms with Crippen molar-refractivity contribution in [2.45, 2.75) is 13.5 Å².